The van der Waals surface area contributed by atoms with Crippen LogP contribution in [0.1, 0.15) is 118 Å². The van der Waals surface area contributed by atoms with Gasteiger partial charge in [-0.25, -0.2) is 4.79 Å². The Morgan fingerprint density at radius 2 is 1.62 bits per heavy atom. The fraction of sp³-hybridized carbons (Fsp3) is 0.514. The van der Waals surface area contributed by atoms with E-state index < -0.39 is 5.60 Å². The fourth-order valence-corrected chi connectivity index (χ4v) is 5.73. The second-order valence-electron chi connectivity index (χ2n) is 13.5. The van der Waals surface area contributed by atoms with Crippen LogP contribution in [0.2, 0.25) is 0 Å². The third kappa shape index (κ3) is 9.39. The third-order valence-electron chi connectivity index (χ3n) is 8.27. The molecule has 2 saturated heterocycles. The van der Waals surface area contributed by atoms with Gasteiger partial charge in [-0.1, -0.05) is 59.2 Å². The van der Waals surface area contributed by atoms with Gasteiger partial charge in [0.1, 0.15) is 17.4 Å². The number of phenols is 1. The van der Waals surface area contributed by atoms with E-state index >= 15 is 0 Å². The monoisotopic (exact) mass is 645 g/mol. The highest BCUT2D eigenvalue weighted by Crippen LogP contribution is 2.33. The van der Waals surface area contributed by atoms with Crippen LogP contribution < -0.4 is 11.1 Å². The van der Waals surface area contributed by atoms with E-state index in [0.29, 0.717) is 36.4 Å². The number of nitrogens with zero attached hydrogens (tertiary/aromatic N) is 5. The number of carbonyl (C=O) groups is 1. The molecule has 1 amide bonds. The molecule has 0 spiro atoms. The molecule has 4 aromatic rings. The molecule has 12 heteroatoms. The average Bonchev–Trinajstić information content (AvgIpc) is 3.85. The van der Waals surface area contributed by atoms with Crippen LogP contribution in [0.25, 0.3) is 0 Å². The van der Waals surface area contributed by atoms with E-state index in [1.807, 2.05) is 32.9 Å². The molecule has 6 rings (SSSR count). The zero-order valence-corrected chi connectivity index (χ0v) is 28.0. The molecule has 4 heterocycles. The molecule has 2 aliphatic heterocycles. The minimum absolute atomic E-state index is 0.140. The number of carbonyl (C=O) groups excluding carboxylic acids is 1. The Morgan fingerprint density at radius 1 is 0.979 bits per heavy atom. The smallest absolute Gasteiger partial charge is 0.410 e. The number of benzene rings is 2. The highest BCUT2D eigenvalue weighted by Gasteiger charge is 2.37. The van der Waals surface area contributed by atoms with Gasteiger partial charge in [0.15, 0.2) is 11.6 Å². The number of nitrogens with one attached hydrogen (secondary N) is 1. The number of ether oxygens (including phenoxy) is 1. The average molecular weight is 646 g/mol. The summed E-state index contributed by atoms with van der Waals surface area (Å²) in [4.78, 5) is 23.2. The summed E-state index contributed by atoms with van der Waals surface area (Å²) in [5.74, 6) is 2.73. The maximum atomic E-state index is 12.5. The number of amides is 1. The maximum Gasteiger partial charge on any atom is 0.410 e. The van der Waals surface area contributed by atoms with Gasteiger partial charge in [0.25, 0.3) is 0 Å². The van der Waals surface area contributed by atoms with Gasteiger partial charge in [-0.2, -0.15) is 9.97 Å². The van der Waals surface area contributed by atoms with E-state index in [-0.39, 0.29) is 35.9 Å². The number of aromatic hydroxyl groups is 1. The molecule has 4 N–H and O–H groups in total. The lowest BCUT2D eigenvalue weighted by molar-refractivity contribution is 0.0199. The highest BCUT2D eigenvalue weighted by atomic mass is 16.6. The SMILES string of the molecule is Cc1ccc(C[C@H](C)c2noc([C@@H]3CCCN3C(=O)OC(C)(C)C)n2)cc1.N[C@@H](Cc1ccc(O)cc1)c1noc([C@@H]2CCCN2)n1. The lowest BCUT2D eigenvalue weighted by atomic mass is 10.00. The number of phenolic OH excluding ortho intramolecular Hbond substituents is 1. The van der Waals surface area contributed by atoms with E-state index in [1.54, 1.807) is 17.0 Å². The summed E-state index contributed by atoms with van der Waals surface area (Å²) in [6, 6.07) is 15.1. The van der Waals surface area contributed by atoms with E-state index in [4.69, 9.17) is 19.5 Å². The Hall–Kier alpha value is -4.29. The van der Waals surface area contributed by atoms with Crippen LogP contribution in [-0.2, 0) is 17.6 Å². The summed E-state index contributed by atoms with van der Waals surface area (Å²) < 4.78 is 16.3. The summed E-state index contributed by atoms with van der Waals surface area (Å²) in [5, 5.41) is 20.7. The highest BCUT2D eigenvalue weighted by molar-refractivity contribution is 5.69. The van der Waals surface area contributed by atoms with Crippen molar-refractivity contribution >= 4 is 6.09 Å². The van der Waals surface area contributed by atoms with Crippen LogP contribution >= 0.6 is 0 Å². The minimum Gasteiger partial charge on any atom is -0.508 e. The second-order valence-corrected chi connectivity index (χ2v) is 13.5. The molecule has 0 unspecified atom stereocenters. The third-order valence-corrected chi connectivity index (χ3v) is 8.27. The molecule has 2 aromatic carbocycles. The first-order valence-corrected chi connectivity index (χ1v) is 16.4. The molecule has 2 aliphatic rings. The quantitative estimate of drug-likeness (QED) is 0.199. The molecule has 0 aliphatic carbocycles. The van der Waals surface area contributed by atoms with Crippen LogP contribution in [0.4, 0.5) is 4.79 Å². The first-order valence-electron chi connectivity index (χ1n) is 16.4. The Bertz CT molecular complexity index is 1570. The van der Waals surface area contributed by atoms with E-state index in [0.717, 1.165) is 44.2 Å². The molecular formula is C35H47N7O5. The van der Waals surface area contributed by atoms with Crippen molar-refractivity contribution in [1.29, 1.82) is 0 Å². The first kappa shape index (κ1) is 34.1. The number of rotatable bonds is 8. The van der Waals surface area contributed by atoms with Gasteiger partial charge >= 0.3 is 6.09 Å². The van der Waals surface area contributed by atoms with Crippen LogP contribution in [0.5, 0.6) is 5.75 Å². The van der Waals surface area contributed by atoms with Crippen molar-refractivity contribution in [2.24, 2.45) is 5.73 Å². The van der Waals surface area contributed by atoms with Gasteiger partial charge in [-0.15, -0.1) is 0 Å². The summed E-state index contributed by atoms with van der Waals surface area (Å²) in [6.07, 6.45) is 5.00. The van der Waals surface area contributed by atoms with Crippen molar-refractivity contribution in [1.82, 2.24) is 30.5 Å². The van der Waals surface area contributed by atoms with Gasteiger partial charge < -0.3 is 29.9 Å². The predicted octanol–water partition coefficient (Wildman–Crippen LogP) is 6.24. The molecule has 252 valence electrons. The first-order chi connectivity index (χ1) is 22.4. The molecule has 0 bridgehead atoms. The predicted molar refractivity (Wildman–Crippen MR) is 176 cm³/mol. The number of aryl methyl sites for hydroxylation is 1. The number of likely N-dealkylation sites (tertiary alicyclic amines) is 1. The molecule has 0 saturated carbocycles. The summed E-state index contributed by atoms with van der Waals surface area (Å²) >= 11 is 0. The number of nitrogens with two attached hydrogens (primary N) is 1. The number of aromatic nitrogens is 4. The van der Waals surface area contributed by atoms with Gasteiger partial charge in [0, 0.05) is 12.5 Å². The topological polar surface area (TPSA) is 166 Å². The van der Waals surface area contributed by atoms with E-state index in [2.05, 4.69) is 63.7 Å². The van der Waals surface area contributed by atoms with Gasteiger partial charge in [0.2, 0.25) is 11.8 Å². The van der Waals surface area contributed by atoms with E-state index in [1.165, 1.54) is 11.1 Å². The number of hydrogen-bond acceptors (Lipinski definition) is 11. The van der Waals surface area contributed by atoms with Crippen molar-refractivity contribution in [3.8, 4) is 5.75 Å². The van der Waals surface area contributed by atoms with Crippen molar-refractivity contribution < 1.29 is 23.7 Å². The molecule has 4 atom stereocenters. The minimum atomic E-state index is -0.521. The van der Waals surface area contributed by atoms with Crippen LogP contribution in [0, 0.1) is 6.92 Å². The Labute approximate surface area is 276 Å². The summed E-state index contributed by atoms with van der Waals surface area (Å²) in [6.45, 7) is 11.4. The molecule has 12 nitrogen and oxygen atoms in total. The summed E-state index contributed by atoms with van der Waals surface area (Å²) in [5.41, 5.74) is 9.11. The summed E-state index contributed by atoms with van der Waals surface area (Å²) in [7, 11) is 0. The Balaban J connectivity index is 0.000000193. The van der Waals surface area contributed by atoms with E-state index in [9.17, 15) is 9.90 Å². The van der Waals surface area contributed by atoms with Crippen LogP contribution in [-0.4, -0.2) is 55.1 Å². The van der Waals surface area contributed by atoms with Crippen LogP contribution in [0.3, 0.4) is 0 Å². The second kappa shape index (κ2) is 15.1. The lowest BCUT2D eigenvalue weighted by Gasteiger charge is -2.27. The number of hydrogen-bond donors (Lipinski definition) is 3. The molecule has 2 fully saturated rings. The lowest BCUT2D eigenvalue weighted by Crippen LogP contribution is -2.36. The molecular weight excluding hydrogens is 598 g/mol. The normalized spacial score (nSPS) is 19.2. The largest absolute Gasteiger partial charge is 0.508 e. The van der Waals surface area contributed by atoms with Crippen LogP contribution in [0.15, 0.2) is 57.6 Å². The van der Waals surface area contributed by atoms with Crippen molar-refractivity contribution in [3.05, 3.63) is 88.7 Å². The molecule has 0 radical (unpaired) electrons. The van der Waals surface area contributed by atoms with Crippen molar-refractivity contribution in [2.75, 3.05) is 13.1 Å². The fourth-order valence-electron chi connectivity index (χ4n) is 5.73. The van der Waals surface area contributed by atoms with Gasteiger partial charge in [-0.3, -0.25) is 4.90 Å². The molecule has 2 aromatic heterocycles. The van der Waals surface area contributed by atoms with Crippen molar-refractivity contribution in [2.45, 2.75) is 103 Å². The van der Waals surface area contributed by atoms with Gasteiger partial charge in [0.05, 0.1) is 12.1 Å². The van der Waals surface area contributed by atoms with Crippen molar-refractivity contribution in [3.63, 3.8) is 0 Å². The maximum absolute atomic E-state index is 12.5. The zero-order chi connectivity index (χ0) is 33.6. The standard InChI is InChI=1S/C21H29N3O3.C14H18N4O2/c1-14-8-10-16(11-9-14)13-15(2)18-22-19(27-23-18)17-7-6-12-24(17)20(25)26-21(3,4)5;15-11(8-9-3-5-10(19)6-4-9)13-17-14(20-18-13)12-2-1-7-16-12/h8-11,15,17H,6-7,12-13H2,1-5H3;3-6,11-12,16,19H,1-2,7-8,15H2/t15-,17-;11-,12-/m00/s1. The molecule has 47 heavy (non-hydrogen) atoms. The zero-order valence-electron chi connectivity index (χ0n) is 28.0. The van der Waals surface area contributed by atoms with Gasteiger partial charge in [-0.05, 0) is 96.0 Å². The Morgan fingerprint density at radius 3 is 2.30 bits per heavy atom. The Kier molecular flexibility index (Phi) is 10.9.